The smallest absolute Gasteiger partial charge is 0.0220 e. The Morgan fingerprint density at radius 3 is 2.67 bits per heavy atom. The van der Waals surface area contributed by atoms with Gasteiger partial charge >= 0.3 is 0 Å². The summed E-state index contributed by atoms with van der Waals surface area (Å²) in [6, 6.07) is 1.13. The van der Waals surface area contributed by atoms with Gasteiger partial charge in [0.25, 0.3) is 0 Å². The molecule has 0 aromatic heterocycles. The summed E-state index contributed by atoms with van der Waals surface area (Å²) in [7, 11) is 4.54. The molecule has 3 nitrogen and oxygen atoms in total. The van der Waals surface area contributed by atoms with Crippen LogP contribution < -0.4 is 5.73 Å². The number of likely N-dealkylation sites (tertiary alicyclic amines) is 1. The Balaban J connectivity index is 2.19. The van der Waals surface area contributed by atoms with Crippen molar-refractivity contribution in [2.75, 3.05) is 33.7 Å². The van der Waals surface area contributed by atoms with Crippen molar-refractivity contribution < 1.29 is 0 Å². The molecule has 3 heteroatoms. The molecular weight excluding hydrogens is 222 g/mol. The SMILES string of the molecule is CC(N)CCCC(C)CN(C)C1CCCN(C)C1. The van der Waals surface area contributed by atoms with Gasteiger partial charge in [0.1, 0.15) is 0 Å². The Hall–Kier alpha value is -0.120. The average Bonchev–Trinajstić information content (AvgIpc) is 2.28. The highest BCUT2D eigenvalue weighted by atomic mass is 15.2. The highest BCUT2D eigenvalue weighted by molar-refractivity contribution is 4.78. The second-order valence-electron chi connectivity index (χ2n) is 6.51. The van der Waals surface area contributed by atoms with E-state index < -0.39 is 0 Å². The summed E-state index contributed by atoms with van der Waals surface area (Å²) in [5, 5.41) is 0. The largest absolute Gasteiger partial charge is 0.328 e. The second kappa shape index (κ2) is 8.13. The fourth-order valence-electron chi connectivity index (χ4n) is 3.02. The van der Waals surface area contributed by atoms with E-state index in [2.05, 4.69) is 37.7 Å². The van der Waals surface area contributed by atoms with E-state index in [-0.39, 0.29) is 0 Å². The zero-order chi connectivity index (χ0) is 13.5. The predicted octanol–water partition coefficient (Wildman–Crippen LogP) is 2.17. The average molecular weight is 255 g/mol. The van der Waals surface area contributed by atoms with E-state index in [1.165, 1.54) is 51.7 Å². The number of hydrogen-bond donors (Lipinski definition) is 1. The van der Waals surface area contributed by atoms with Gasteiger partial charge in [-0.25, -0.2) is 0 Å². The topological polar surface area (TPSA) is 32.5 Å². The lowest BCUT2D eigenvalue weighted by Crippen LogP contribution is -2.46. The molecule has 0 aromatic carbocycles. The van der Waals surface area contributed by atoms with Crippen LogP contribution in [0.15, 0.2) is 0 Å². The maximum absolute atomic E-state index is 5.80. The van der Waals surface area contributed by atoms with Gasteiger partial charge in [-0.05, 0) is 59.2 Å². The van der Waals surface area contributed by atoms with Crippen LogP contribution in [0.1, 0.15) is 46.0 Å². The molecule has 3 unspecified atom stereocenters. The Morgan fingerprint density at radius 2 is 2.06 bits per heavy atom. The number of likely N-dealkylation sites (N-methyl/N-ethyl adjacent to an activating group) is 2. The van der Waals surface area contributed by atoms with Crippen molar-refractivity contribution in [3.05, 3.63) is 0 Å². The summed E-state index contributed by atoms with van der Waals surface area (Å²) in [4.78, 5) is 5.04. The van der Waals surface area contributed by atoms with E-state index in [4.69, 9.17) is 5.73 Å². The third-order valence-electron chi connectivity index (χ3n) is 4.18. The van der Waals surface area contributed by atoms with Crippen molar-refractivity contribution in [3.63, 3.8) is 0 Å². The highest BCUT2D eigenvalue weighted by Gasteiger charge is 2.21. The molecule has 1 heterocycles. The van der Waals surface area contributed by atoms with Crippen molar-refractivity contribution in [1.82, 2.24) is 9.80 Å². The van der Waals surface area contributed by atoms with E-state index in [0.29, 0.717) is 6.04 Å². The molecule has 0 amide bonds. The number of nitrogens with zero attached hydrogens (tertiary/aromatic N) is 2. The minimum atomic E-state index is 0.363. The van der Waals surface area contributed by atoms with Crippen LogP contribution in [0.4, 0.5) is 0 Å². The molecule has 1 saturated heterocycles. The van der Waals surface area contributed by atoms with Gasteiger partial charge in [-0.1, -0.05) is 13.3 Å². The maximum Gasteiger partial charge on any atom is 0.0220 e. The summed E-state index contributed by atoms with van der Waals surface area (Å²) in [5.74, 6) is 0.793. The third kappa shape index (κ3) is 6.17. The Labute approximate surface area is 114 Å². The molecule has 3 atom stereocenters. The Kier molecular flexibility index (Phi) is 7.20. The minimum Gasteiger partial charge on any atom is -0.328 e. The molecule has 0 aromatic rings. The van der Waals surface area contributed by atoms with Crippen LogP contribution in [0, 0.1) is 5.92 Å². The van der Waals surface area contributed by atoms with Gasteiger partial charge in [-0.2, -0.15) is 0 Å². The third-order valence-corrected chi connectivity index (χ3v) is 4.18. The molecule has 0 aliphatic carbocycles. The van der Waals surface area contributed by atoms with E-state index in [1.54, 1.807) is 0 Å². The molecule has 1 aliphatic heterocycles. The van der Waals surface area contributed by atoms with Gasteiger partial charge in [0.05, 0.1) is 0 Å². The standard InChI is InChI=1S/C15H33N3/c1-13(7-5-8-14(2)16)11-18(4)15-9-6-10-17(3)12-15/h13-15H,5-12,16H2,1-4H3. The first-order chi connectivity index (χ1) is 8.49. The number of hydrogen-bond acceptors (Lipinski definition) is 3. The first-order valence-corrected chi connectivity index (χ1v) is 7.63. The van der Waals surface area contributed by atoms with Crippen LogP contribution in [0.5, 0.6) is 0 Å². The molecule has 1 rings (SSSR count). The number of piperidine rings is 1. The first kappa shape index (κ1) is 15.9. The lowest BCUT2D eigenvalue weighted by molar-refractivity contribution is 0.120. The molecule has 0 spiro atoms. The van der Waals surface area contributed by atoms with E-state index >= 15 is 0 Å². The predicted molar refractivity (Wildman–Crippen MR) is 79.8 cm³/mol. The molecule has 1 fully saturated rings. The zero-order valence-electron chi connectivity index (χ0n) is 12.9. The van der Waals surface area contributed by atoms with Crippen LogP contribution in [-0.2, 0) is 0 Å². The Morgan fingerprint density at radius 1 is 1.33 bits per heavy atom. The van der Waals surface area contributed by atoms with Crippen molar-refractivity contribution >= 4 is 0 Å². The summed E-state index contributed by atoms with van der Waals surface area (Å²) < 4.78 is 0. The van der Waals surface area contributed by atoms with Gasteiger partial charge in [-0.3, -0.25) is 0 Å². The highest BCUT2D eigenvalue weighted by Crippen LogP contribution is 2.17. The van der Waals surface area contributed by atoms with Crippen molar-refractivity contribution in [2.24, 2.45) is 11.7 Å². The van der Waals surface area contributed by atoms with E-state index in [1.807, 2.05) is 0 Å². The van der Waals surface area contributed by atoms with Crippen molar-refractivity contribution in [3.8, 4) is 0 Å². The van der Waals surface area contributed by atoms with E-state index in [9.17, 15) is 0 Å². The van der Waals surface area contributed by atoms with Gasteiger partial charge in [0, 0.05) is 25.2 Å². The molecule has 0 radical (unpaired) electrons. The van der Waals surface area contributed by atoms with Crippen molar-refractivity contribution in [2.45, 2.75) is 58.0 Å². The van der Waals surface area contributed by atoms with E-state index in [0.717, 1.165) is 12.0 Å². The van der Waals surface area contributed by atoms with Crippen LogP contribution in [0.2, 0.25) is 0 Å². The number of rotatable bonds is 7. The van der Waals surface area contributed by atoms with Crippen molar-refractivity contribution in [1.29, 1.82) is 0 Å². The molecule has 1 aliphatic rings. The van der Waals surface area contributed by atoms with Crippen LogP contribution >= 0.6 is 0 Å². The molecular formula is C15H33N3. The fourth-order valence-corrected chi connectivity index (χ4v) is 3.02. The molecule has 0 bridgehead atoms. The van der Waals surface area contributed by atoms with Gasteiger partial charge in [0.2, 0.25) is 0 Å². The lowest BCUT2D eigenvalue weighted by Gasteiger charge is -2.37. The first-order valence-electron chi connectivity index (χ1n) is 7.63. The van der Waals surface area contributed by atoms with Gasteiger partial charge in [0.15, 0.2) is 0 Å². The second-order valence-corrected chi connectivity index (χ2v) is 6.51. The fraction of sp³-hybridized carbons (Fsp3) is 1.00. The Bertz CT molecular complexity index is 218. The molecule has 0 saturated carbocycles. The summed E-state index contributed by atoms with van der Waals surface area (Å²) in [6.45, 7) is 8.23. The van der Waals surface area contributed by atoms with Crippen LogP contribution in [-0.4, -0.2) is 55.6 Å². The van der Waals surface area contributed by atoms with Gasteiger partial charge < -0.3 is 15.5 Å². The summed E-state index contributed by atoms with van der Waals surface area (Å²) in [6.07, 6.45) is 6.48. The van der Waals surface area contributed by atoms with Crippen LogP contribution in [0.25, 0.3) is 0 Å². The summed E-state index contributed by atoms with van der Waals surface area (Å²) >= 11 is 0. The number of nitrogens with two attached hydrogens (primary N) is 1. The maximum atomic E-state index is 5.80. The molecule has 108 valence electrons. The van der Waals surface area contributed by atoms with Gasteiger partial charge in [-0.15, -0.1) is 0 Å². The monoisotopic (exact) mass is 255 g/mol. The molecule has 18 heavy (non-hydrogen) atoms. The zero-order valence-corrected chi connectivity index (χ0v) is 12.9. The minimum absolute atomic E-state index is 0.363. The summed E-state index contributed by atoms with van der Waals surface area (Å²) in [5.41, 5.74) is 5.80. The lowest BCUT2D eigenvalue weighted by atomic mass is 9.99. The normalized spacial score (nSPS) is 25.3. The quantitative estimate of drug-likeness (QED) is 0.757. The molecule has 2 N–H and O–H groups in total. The van der Waals surface area contributed by atoms with Crippen LogP contribution in [0.3, 0.4) is 0 Å².